The molecule has 3 aliphatic carbocycles. The Morgan fingerprint density at radius 2 is 1.56 bits per heavy atom. The van der Waals surface area contributed by atoms with Crippen molar-refractivity contribution in [1.82, 2.24) is 10.2 Å². The maximum Gasteiger partial charge on any atom is 0.338 e. The summed E-state index contributed by atoms with van der Waals surface area (Å²) in [6, 6.07) is 16.3. The van der Waals surface area contributed by atoms with Crippen LogP contribution in [0.3, 0.4) is 0 Å². The number of amides is 2. The van der Waals surface area contributed by atoms with Gasteiger partial charge in [0.15, 0.2) is 0 Å². The number of carbonyl (C=O) groups excluding carboxylic acids is 5. The molecule has 3 aromatic carbocycles. The Morgan fingerprint density at radius 1 is 0.877 bits per heavy atom. The molecule has 0 heterocycles. The van der Waals surface area contributed by atoms with Crippen molar-refractivity contribution in [3.63, 3.8) is 0 Å². The molecule has 0 aliphatic heterocycles. The molecule has 4 atom stereocenters. The van der Waals surface area contributed by atoms with Gasteiger partial charge in [-0.05, 0) is 47.0 Å². The van der Waals surface area contributed by atoms with Crippen molar-refractivity contribution in [3.05, 3.63) is 95.1 Å². The smallest absolute Gasteiger partial charge is 0.338 e. The fourth-order valence-electron chi connectivity index (χ4n) is 7.37. The molecular formula is C43H52N2O11Si. The lowest BCUT2D eigenvalue weighted by Crippen LogP contribution is -2.54. The minimum atomic E-state index is -1.56. The number of esters is 2. The number of carbonyl (C=O) groups is 5. The van der Waals surface area contributed by atoms with Gasteiger partial charge in [-0.25, -0.2) is 4.79 Å². The number of ketones is 1. The van der Waals surface area contributed by atoms with Crippen LogP contribution in [0.5, 0.6) is 23.0 Å². The Balaban J connectivity index is 1.35. The van der Waals surface area contributed by atoms with E-state index in [0.717, 1.165) is 17.2 Å². The van der Waals surface area contributed by atoms with Gasteiger partial charge in [0.1, 0.15) is 42.0 Å². The zero-order valence-corrected chi connectivity index (χ0v) is 34.7. The number of nitrogens with one attached hydrogen (secondary N) is 1. The number of ether oxygens (including phenoxy) is 6. The Kier molecular flexibility index (Phi) is 13.8. The first kappa shape index (κ1) is 42.5. The van der Waals surface area contributed by atoms with E-state index in [1.165, 1.54) is 39.4 Å². The molecule has 0 aromatic heterocycles. The van der Waals surface area contributed by atoms with E-state index in [1.807, 2.05) is 6.07 Å². The van der Waals surface area contributed by atoms with Crippen LogP contribution in [0.1, 0.15) is 50.9 Å². The molecule has 14 heteroatoms. The van der Waals surface area contributed by atoms with E-state index >= 15 is 0 Å². The van der Waals surface area contributed by atoms with Gasteiger partial charge in [0.25, 0.3) is 0 Å². The number of likely N-dealkylation sites (N-methyl/N-ethyl adjacent to an activating group) is 1. The van der Waals surface area contributed by atoms with Gasteiger partial charge in [-0.1, -0.05) is 50.5 Å². The molecule has 3 aliphatic rings. The quantitative estimate of drug-likeness (QED) is 0.0961. The van der Waals surface area contributed by atoms with Crippen LogP contribution in [0.25, 0.3) is 0 Å². The third kappa shape index (κ3) is 10.0. The van der Waals surface area contributed by atoms with E-state index in [1.54, 1.807) is 48.5 Å². The molecule has 6 rings (SSSR count). The van der Waals surface area contributed by atoms with Crippen LogP contribution in [0.15, 0.2) is 67.3 Å². The third-order valence-electron chi connectivity index (χ3n) is 10.4. The summed E-state index contributed by atoms with van der Waals surface area (Å²) in [7, 11) is 4.45. The molecule has 1 N–H and O–H groups in total. The first-order valence-corrected chi connectivity index (χ1v) is 22.5. The summed E-state index contributed by atoms with van der Waals surface area (Å²) < 4.78 is 33.4. The van der Waals surface area contributed by atoms with Gasteiger partial charge in [0.05, 0.1) is 69.9 Å². The highest BCUT2D eigenvalue weighted by molar-refractivity contribution is 6.76. The third-order valence-corrected chi connectivity index (χ3v) is 12.1. The van der Waals surface area contributed by atoms with E-state index in [0.29, 0.717) is 39.7 Å². The maximum atomic E-state index is 14.4. The lowest BCUT2D eigenvalue weighted by atomic mass is 9.55. The van der Waals surface area contributed by atoms with Gasteiger partial charge in [0.2, 0.25) is 11.8 Å². The molecule has 0 saturated heterocycles. The topological polar surface area (TPSA) is 156 Å². The zero-order chi connectivity index (χ0) is 41.4. The summed E-state index contributed by atoms with van der Waals surface area (Å²) in [5.41, 5.74) is 3.22. The number of nitrogens with zero attached hydrogens (tertiary/aromatic N) is 1. The Morgan fingerprint density at radius 3 is 2.18 bits per heavy atom. The zero-order valence-electron chi connectivity index (χ0n) is 33.7. The summed E-state index contributed by atoms with van der Waals surface area (Å²) in [6.07, 6.45) is 1.57. The second kappa shape index (κ2) is 18.5. The Hall–Kier alpha value is -5.63. The first-order valence-electron chi connectivity index (χ1n) is 18.8. The molecule has 1 saturated carbocycles. The van der Waals surface area contributed by atoms with E-state index in [2.05, 4.69) is 31.5 Å². The predicted octanol–water partition coefficient (Wildman–Crippen LogP) is 5.68. The highest BCUT2D eigenvalue weighted by Crippen LogP contribution is 2.55. The first-order chi connectivity index (χ1) is 27.2. The van der Waals surface area contributed by atoms with Crippen LogP contribution >= 0.6 is 0 Å². The van der Waals surface area contributed by atoms with Crippen LogP contribution in [0.2, 0.25) is 25.7 Å². The molecular weight excluding hydrogens is 749 g/mol. The molecule has 0 radical (unpaired) electrons. The number of benzene rings is 3. The predicted molar refractivity (Wildman–Crippen MR) is 214 cm³/mol. The lowest BCUT2D eigenvalue weighted by Gasteiger charge is -2.47. The number of hydrogen-bond donors (Lipinski definition) is 1. The van der Waals surface area contributed by atoms with Crippen molar-refractivity contribution in [2.45, 2.75) is 57.1 Å². The van der Waals surface area contributed by atoms with Gasteiger partial charge in [0, 0.05) is 39.6 Å². The van der Waals surface area contributed by atoms with E-state index in [-0.39, 0.29) is 45.1 Å². The van der Waals surface area contributed by atoms with Gasteiger partial charge in [-0.15, -0.1) is 0 Å². The maximum absolute atomic E-state index is 14.4. The van der Waals surface area contributed by atoms with Gasteiger partial charge >= 0.3 is 11.9 Å². The molecule has 2 bridgehead atoms. The summed E-state index contributed by atoms with van der Waals surface area (Å²) >= 11 is 0. The van der Waals surface area contributed by atoms with Crippen LogP contribution in [-0.4, -0.2) is 90.6 Å². The summed E-state index contributed by atoms with van der Waals surface area (Å²) in [4.78, 5) is 68.9. The van der Waals surface area contributed by atoms with Crippen LogP contribution in [0, 0.1) is 11.8 Å². The van der Waals surface area contributed by atoms with Crippen molar-refractivity contribution in [3.8, 4) is 23.0 Å². The minimum absolute atomic E-state index is 0.0453. The largest absolute Gasteiger partial charge is 0.496 e. The van der Waals surface area contributed by atoms with Gasteiger partial charge in [-0.3, -0.25) is 19.2 Å². The van der Waals surface area contributed by atoms with Crippen molar-refractivity contribution in [1.29, 1.82) is 0 Å². The SMILES string of the molecule is C=CCOC(=O)c1ccc(COc2ccc3c(c2)C2CC(=O)C3C(C(=O)N(C)CC(=O)NCc3c(OC)cc(OC)cc3OC)C2C(=O)OCC[Si](C)(C)C)cc1. The number of Topliss-reactive ketones (excluding diaryl/α,β-unsaturated/α-hetero) is 1. The van der Waals surface area contributed by atoms with Crippen molar-refractivity contribution in [2.24, 2.45) is 11.8 Å². The minimum Gasteiger partial charge on any atom is -0.496 e. The highest BCUT2D eigenvalue weighted by Gasteiger charge is 2.57. The van der Waals surface area contributed by atoms with Crippen LogP contribution in [0.4, 0.5) is 0 Å². The van der Waals surface area contributed by atoms with E-state index in [4.69, 9.17) is 28.4 Å². The summed E-state index contributed by atoms with van der Waals surface area (Å²) in [5, 5.41) is 2.83. The molecule has 3 aromatic rings. The Labute approximate surface area is 334 Å². The second-order valence-corrected chi connectivity index (χ2v) is 21.1. The van der Waals surface area contributed by atoms with Crippen molar-refractivity contribution < 1.29 is 52.4 Å². The number of methoxy groups -OCH3 is 3. The molecule has 13 nitrogen and oxygen atoms in total. The fraction of sp³-hybridized carbons (Fsp3) is 0.419. The lowest BCUT2D eigenvalue weighted by molar-refractivity contribution is -0.161. The number of fused-ring (bicyclic) bond motifs is 2. The average Bonchev–Trinajstić information content (AvgIpc) is 3.19. The molecule has 1 fully saturated rings. The number of hydrogen-bond acceptors (Lipinski definition) is 11. The summed E-state index contributed by atoms with van der Waals surface area (Å²) in [6.45, 7) is 10.3. The average molecular weight is 801 g/mol. The summed E-state index contributed by atoms with van der Waals surface area (Å²) in [5.74, 6) is -3.69. The van der Waals surface area contributed by atoms with E-state index in [9.17, 15) is 24.0 Å². The van der Waals surface area contributed by atoms with Crippen LogP contribution < -0.4 is 24.3 Å². The molecule has 2 amide bonds. The van der Waals surface area contributed by atoms with Crippen molar-refractivity contribution in [2.75, 3.05) is 48.1 Å². The molecule has 0 spiro atoms. The second-order valence-electron chi connectivity index (χ2n) is 15.4. The monoisotopic (exact) mass is 800 g/mol. The highest BCUT2D eigenvalue weighted by atomic mass is 28.3. The fourth-order valence-corrected chi connectivity index (χ4v) is 8.09. The van der Waals surface area contributed by atoms with E-state index < -0.39 is 55.5 Å². The molecule has 4 unspecified atom stereocenters. The normalized spacial score (nSPS) is 18.1. The number of rotatable bonds is 18. The van der Waals surface area contributed by atoms with Gasteiger partial charge in [-0.2, -0.15) is 0 Å². The Bertz CT molecular complexity index is 1970. The van der Waals surface area contributed by atoms with Crippen LogP contribution in [-0.2, 0) is 41.8 Å². The van der Waals surface area contributed by atoms with Crippen molar-refractivity contribution >= 4 is 37.6 Å². The van der Waals surface area contributed by atoms with Gasteiger partial charge < -0.3 is 38.6 Å². The molecule has 57 heavy (non-hydrogen) atoms. The molecule has 304 valence electrons. The standard InChI is InChI=1S/C43H52N2O11Si/c1-9-16-54-42(49)27-12-10-26(11-13-27)25-56-28-14-15-30-31(19-28)32-22-34(46)38(30)40(39(32)43(50)55-17-18-57(6,7)8)41(48)45(2)24-37(47)44-23-33-35(52-4)20-29(51-3)21-36(33)53-5/h9-15,19-21,32,38-40H,1,16-18,22-25H2,2-8H3,(H,44,47).